The van der Waals surface area contributed by atoms with Crippen molar-refractivity contribution >= 4 is 5.91 Å². The third-order valence-electron chi connectivity index (χ3n) is 6.59. The summed E-state index contributed by atoms with van der Waals surface area (Å²) in [5.74, 6) is -0.258. The average Bonchev–Trinajstić information content (AvgIpc) is 2.82. The Morgan fingerprint density at radius 2 is 1.91 bits per heavy atom. The minimum Gasteiger partial charge on any atom is -0.476 e. The highest BCUT2D eigenvalue weighted by atomic mass is 19.1. The van der Waals surface area contributed by atoms with Crippen LogP contribution < -0.4 is 4.74 Å². The van der Waals surface area contributed by atoms with Crippen LogP contribution in [0.15, 0.2) is 30.3 Å². The van der Waals surface area contributed by atoms with Crippen molar-refractivity contribution in [2.45, 2.75) is 51.3 Å². The predicted molar refractivity (Wildman–Crippen MR) is 128 cm³/mol. The van der Waals surface area contributed by atoms with Crippen LogP contribution in [-0.4, -0.2) is 82.1 Å². The van der Waals surface area contributed by atoms with Crippen LogP contribution in [0.5, 0.6) is 5.88 Å². The van der Waals surface area contributed by atoms with Crippen LogP contribution in [-0.2, 0) is 0 Å². The third kappa shape index (κ3) is 6.95. The van der Waals surface area contributed by atoms with Crippen LogP contribution >= 0.6 is 0 Å². The molecule has 2 aromatic rings. The van der Waals surface area contributed by atoms with Gasteiger partial charge in [0.1, 0.15) is 11.5 Å². The summed E-state index contributed by atoms with van der Waals surface area (Å²) >= 11 is 0. The Morgan fingerprint density at radius 1 is 1.14 bits per heavy atom. The quantitative estimate of drug-likeness (QED) is 0.640. The Morgan fingerprint density at radius 3 is 2.54 bits per heavy atom. The first-order valence-corrected chi connectivity index (χ1v) is 12.3. The maximum Gasteiger partial charge on any atom is 0.256 e. The largest absolute Gasteiger partial charge is 0.476 e. The first kappa shape index (κ1) is 25.4. The van der Waals surface area contributed by atoms with E-state index in [0.29, 0.717) is 55.6 Å². The summed E-state index contributed by atoms with van der Waals surface area (Å²) in [6.45, 7) is 6.63. The molecule has 4 rings (SSSR count). The number of rotatable bonds is 7. The number of likely N-dealkylation sites (tertiary alicyclic amines) is 2. The van der Waals surface area contributed by atoms with E-state index in [0.717, 1.165) is 25.9 Å². The predicted octanol–water partition coefficient (Wildman–Crippen LogP) is 3.72. The lowest BCUT2D eigenvalue weighted by atomic mass is 9.97. The Labute approximate surface area is 205 Å². The van der Waals surface area contributed by atoms with Gasteiger partial charge in [-0.3, -0.25) is 4.79 Å². The molecule has 7 nitrogen and oxygen atoms in total. The van der Waals surface area contributed by atoms with Gasteiger partial charge in [-0.25, -0.2) is 8.78 Å². The lowest BCUT2D eigenvalue weighted by Crippen LogP contribution is -2.42. The number of piperidine rings is 2. The third-order valence-corrected chi connectivity index (χ3v) is 6.59. The molecule has 3 heterocycles. The second-order valence-corrected chi connectivity index (χ2v) is 10.2. The molecule has 2 aliphatic heterocycles. The van der Waals surface area contributed by atoms with Gasteiger partial charge >= 0.3 is 0 Å². The molecule has 0 bridgehead atoms. The molecule has 1 atom stereocenters. The number of ether oxygens (including phenoxy) is 1. The first-order valence-electron chi connectivity index (χ1n) is 12.3. The molecule has 0 spiro atoms. The van der Waals surface area contributed by atoms with Crippen LogP contribution in [0.1, 0.15) is 49.9 Å². The minimum atomic E-state index is -1.18. The molecular formula is C26H34F2N4O3. The van der Waals surface area contributed by atoms with Gasteiger partial charge in [-0.2, -0.15) is 0 Å². The standard InChI is InChI=1S/C26H34F2N4O3/c1-26(2,28)17-31-12-9-18(10-13-31)16-35-24-8-7-23(29-30-24)19-5-6-21(22(27)14-19)25(34)32-11-3-4-20(33)15-32/h5-8,14,18,20,33H,3-4,9-13,15-17H2,1-2H3/t20-/m1/s1. The molecule has 1 aromatic carbocycles. The van der Waals surface area contributed by atoms with Gasteiger partial charge in [-0.15, -0.1) is 10.2 Å². The number of carbonyl (C=O) groups is 1. The van der Waals surface area contributed by atoms with E-state index in [9.17, 15) is 18.7 Å². The van der Waals surface area contributed by atoms with Crippen molar-refractivity contribution in [2.24, 2.45) is 5.92 Å². The molecule has 190 valence electrons. The van der Waals surface area contributed by atoms with Crippen molar-refractivity contribution in [3.63, 3.8) is 0 Å². The number of hydrogen-bond donors (Lipinski definition) is 1. The van der Waals surface area contributed by atoms with Crippen molar-refractivity contribution in [3.8, 4) is 17.1 Å². The molecule has 2 fully saturated rings. The zero-order chi connectivity index (χ0) is 25.0. The molecule has 2 aliphatic rings. The lowest BCUT2D eigenvalue weighted by Gasteiger charge is -2.34. The highest BCUT2D eigenvalue weighted by Crippen LogP contribution is 2.24. The van der Waals surface area contributed by atoms with Crippen molar-refractivity contribution in [1.29, 1.82) is 0 Å². The van der Waals surface area contributed by atoms with Crippen LogP contribution in [0.25, 0.3) is 11.3 Å². The van der Waals surface area contributed by atoms with E-state index >= 15 is 0 Å². The number of alkyl halides is 1. The van der Waals surface area contributed by atoms with Crippen molar-refractivity contribution in [1.82, 2.24) is 20.0 Å². The van der Waals surface area contributed by atoms with Gasteiger partial charge in [0.2, 0.25) is 5.88 Å². The number of amides is 1. The average molecular weight is 489 g/mol. The fraction of sp³-hybridized carbons (Fsp3) is 0.577. The summed E-state index contributed by atoms with van der Waals surface area (Å²) in [4.78, 5) is 16.3. The molecular weight excluding hydrogens is 454 g/mol. The summed E-state index contributed by atoms with van der Waals surface area (Å²) in [6.07, 6.45) is 2.69. The number of aromatic nitrogens is 2. The fourth-order valence-electron chi connectivity index (χ4n) is 4.75. The summed E-state index contributed by atoms with van der Waals surface area (Å²) in [6, 6.07) is 7.80. The number of halogens is 2. The van der Waals surface area contributed by atoms with E-state index in [2.05, 4.69) is 15.1 Å². The van der Waals surface area contributed by atoms with Crippen molar-refractivity contribution < 1.29 is 23.4 Å². The Bertz CT molecular complexity index is 1000. The highest BCUT2D eigenvalue weighted by Gasteiger charge is 2.26. The van der Waals surface area contributed by atoms with Crippen LogP contribution in [0.3, 0.4) is 0 Å². The minimum absolute atomic E-state index is 0.0168. The van der Waals surface area contributed by atoms with E-state index < -0.39 is 23.5 Å². The monoisotopic (exact) mass is 488 g/mol. The smallest absolute Gasteiger partial charge is 0.256 e. The van der Waals surface area contributed by atoms with Crippen molar-refractivity contribution in [3.05, 3.63) is 41.7 Å². The second kappa shape index (κ2) is 11.0. The molecule has 9 heteroatoms. The zero-order valence-electron chi connectivity index (χ0n) is 20.4. The van der Waals surface area contributed by atoms with E-state index in [1.165, 1.54) is 17.0 Å². The second-order valence-electron chi connectivity index (χ2n) is 10.2. The van der Waals surface area contributed by atoms with E-state index in [-0.39, 0.29) is 12.1 Å². The SMILES string of the molecule is CC(C)(F)CN1CCC(COc2ccc(-c3ccc(C(=O)N4CCC[C@@H](O)C4)c(F)c3)nn2)CC1. The normalized spacial score (nSPS) is 20.1. The number of benzene rings is 1. The van der Waals surface area contributed by atoms with Gasteiger partial charge in [0, 0.05) is 31.3 Å². The Kier molecular flexibility index (Phi) is 7.96. The van der Waals surface area contributed by atoms with Gasteiger partial charge in [-0.1, -0.05) is 6.07 Å². The number of aliphatic hydroxyl groups excluding tert-OH is 1. The molecule has 1 amide bonds. The van der Waals surface area contributed by atoms with Gasteiger partial charge in [0.05, 0.1) is 24.0 Å². The van der Waals surface area contributed by atoms with Gasteiger partial charge < -0.3 is 19.6 Å². The molecule has 0 unspecified atom stereocenters. The summed E-state index contributed by atoms with van der Waals surface area (Å²) in [7, 11) is 0. The number of hydrogen-bond acceptors (Lipinski definition) is 6. The number of carbonyl (C=O) groups excluding carboxylic acids is 1. The van der Waals surface area contributed by atoms with E-state index in [1.807, 2.05) is 0 Å². The zero-order valence-corrected chi connectivity index (χ0v) is 20.4. The maximum absolute atomic E-state index is 14.8. The molecule has 0 saturated carbocycles. The molecule has 2 saturated heterocycles. The lowest BCUT2D eigenvalue weighted by molar-refractivity contribution is 0.0470. The van der Waals surface area contributed by atoms with E-state index in [4.69, 9.17) is 4.74 Å². The highest BCUT2D eigenvalue weighted by molar-refractivity contribution is 5.95. The summed E-state index contributed by atoms with van der Waals surface area (Å²) in [5.41, 5.74) is -0.210. The van der Waals surface area contributed by atoms with Crippen molar-refractivity contribution in [2.75, 3.05) is 39.3 Å². The Hall–Kier alpha value is -2.65. The summed E-state index contributed by atoms with van der Waals surface area (Å²) < 4.78 is 34.4. The van der Waals surface area contributed by atoms with Crippen LogP contribution in [0, 0.1) is 11.7 Å². The van der Waals surface area contributed by atoms with Gasteiger partial charge in [0.15, 0.2) is 0 Å². The Balaban J connectivity index is 1.30. The van der Waals surface area contributed by atoms with Gasteiger partial charge in [0.25, 0.3) is 5.91 Å². The van der Waals surface area contributed by atoms with Crippen LogP contribution in [0.4, 0.5) is 8.78 Å². The maximum atomic E-state index is 14.8. The molecule has 35 heavy (non-hydrogen) atoms. The molecule has 0 radical (unpaired) electrons. The van der Waals surface area contributed by atoms with E-state index in [1.54, 1.807) is 32.0 Å². The van der Waals surface area contributed by atoms with Crippen LogP contribution in [0.2, 0.25) is 0 Å². The molecule has 1 N–H and O–H groups in total. The number of nitrogens with zero attached hydrogens (tertiary/aromatic N) is 4. The first-order chi connectivity index (χ1) is 16.7. The fourth-order valence-corrected chi connectivity index (χ4v) is 4.75. The topological polar surface area (TPSA) is 78.8 Å². The number of β-amino-alcohol motifs (C(OH)–C–C–N with tert-alkyl or cyclic N) is 1. The number of aliphatic hydroxyl groups is 1. The molecule has 0 aliphatic carbocycles. The molecule has 1 aromatic heterocycles. The van der Waals surface area contributed by atoms with Gasteiger partial charge in [-0.05, 0) is 76.7 Å². The summed E-state index contributed by atoms with van der Waals surface area (Å²) in [5, 5.41) is 18.1.